The molecule has 3 nitrogen and oxygen atoms in total. The number of alkyl halides is 4. The van der Waals surface area contributed by atoms with Gasteiger partial charge in [-0.2, -0.15) is 8.78 Å². The lowest BCUT2D eigenvalue weighted by molar-refractivity contribution is -0.117. The van der Waals surface area contributed by atoms with Crippen molar-refractivity contribution < 1.29 is 17.6 Å². The maximum absolute atomic E-state index is 12.5. The van der Waals surface area contributed by atoms with Gasteiger partial charge in [-0.15, -0.1) is 0 Å². The zero-order valence-corrected chi connectivity index (χ0v) is 8.61. The maximum atomic E-state index is 12.5. The number of anilines is 2. The summed E-state index contributed by atoms with van der Waals surface area (Å²) in [6, 6.07) is 1.28. The van der Waals surface area contributed by atoms with Gasteiger partial charge in [-0.1, -0.05) is 11.6 Å². The Balaban J connectivity index is 2.68. The fraction of sp³-hybridized carbons (Fsp3) is 0.375. The first-order chi connectivity index (χ1) is 7.33. The number of nitrogens with two attached hydrogens (primary N) is 1. The third kappa shape index (κ3) is 3.13. The number of nitrogens with zero attached hydrogens (tertiary/aromatic N) is 1. The SMILES string of the molecule is Nc1cnc(NCC(F)(F)C(F)F)c(Cl)c1. The van der Waals surface area contributed by atoms with Crippen LogP contribution in [0, 0.1) is 0 Å². The Morgan fingerprint density at radius 3 is 2.62 bits per heavy atom. The van der Waals surface area contributed by atoms with Crippen LogP contribution in [0.4, 0.5) is 29.1 Å². The van der Waals surface area contributed by atoms with Crippen LogP contribution in [0.25, 0.3) is 0 Å². The molecule has 1 heterocycles. The molecule has 0 bridgehead atoms. The number of hydrogen-bond donors (Lipinski definition) is 2. The number of rotatable bonds is 4. The van der Waals surface area contributed by atoms with Crippen molar-refractivity contribution in [3.63, 3.8) is 0 Å². The number of aromatic nitrogens is 1. The lowest BCUT2D eigenvalue weighted by atomic mass is 10.3. The van der Waals surface area contributed by atoms with E-state index in [4.69, 9.17) is 17.3 Å². The zero-order valence-electron chi connectivity index (χ0n) is 7.85. The molecular weight excluding hydrogens is 250 g/mol. The molecule has 0 aliphatic rings. The summed E-state index contributed by atoms with van der Waals surface area (Å²) in [5.74, 6) is -4.25. The van der Waals surface area contributed by atoms with Crippen LogP contribution in [0.1, 0.15) is 0 Å². The summed E-state index contributed by atoms with van der Waals surface area (Å²) in [5, 5.41) is 2.02. The van der Waals surface area contributed by atoms with Gasteiger partial charge in [0.05, 0.1) is 23.5 Å². The predicted molar refractivity (Wildman–Crippen MR) is 53.1 cm³/mol. The molecule has 0 unspecified atom stereocenters. The zero-order chi connectivity index (χ0) is 12.3. The number of halogens is 5. The van der Waals surface area contributed by atoms with Crippen LogP contribution in [-0.4, -0.2) is 23.9 Å². The second-order valence-electron chi connectivity index (χ2n) is 3.01. The van der Waals surface area contributed by atoms with Gasteiger partial charge in [0.25, 0.3) is 0 Å². The highest BCUT2D eigenvalue weighted by atomic mass is 35.5. The van der Waals surface area contributed by atoms with E-state index in [2.05, 4.69) is 4.98 Å². The normalized spacial score (nSPS) is 11.9. The first kappa shape index (κ1) is 12.8. The summed E-state index contributed by atoms with van der Waals surface area (Å²) in [6.07, 6.45) is -2.57. The fourth-order valence-electron chi connectivity index (χ4n) is 0.862. The minimum atomic E-state index is -4.13. The van der Waals surface area contributed by atoms with Gasteiger partial charge >= 0.3 is 12.3 Å². The Morgan fingerprint density at radius 1 is 1.50 bits per heavy atom. The van der Waals surface area contributed by atoms with Crippen LogP contribution in [0.15, 0.2) is 12.3 Å². The third-order valence-corrected chi connectivity index (χ3v) is 1.96. The second-order valence-corrected chi connectivity index (χ2v) is 3.42. The maximum Gasteiger partial charge on any atom is 0.324 e. The molecule has 0 spiro atoms. The predicted octanol–water partition coefficient (Wildman–Crippen LogP) is 2.63. The molecule has 0 aliphatic heterocycles. The Labute approximate surface area is 93.6 Å². The molecule has 1 rings (SSSR count). The van der Waals surface area contributed by atoms with E-state index in [1.807, 2.05) is 5.32 Å². The van der Waals surface area contributed by atoms with E-state index in [1.54, 1.807) is 0 Å². The minimum Gasteiger partial charge on any atom is -0.397 e. The van der Waals surface area contributed by atoms with Crippen LogP contribution in [0.2, 0.25) is 5.02 Å². The average molecular weight is 258 g/mol. The Bertz CT molecular complexity index is 372. The van der Waals surface area contributed by atoms with Crippen molar-refractivity contribution in [2.45, 2.75) is 12.3 Å². The van der Waals surface area contributed by atoms with Crippen molar-refractivity contribution in [2.75, 3.05) is 17.6 Å². The van der Waals surface area contributed by atoms with Crippen LogP contribution >= 0.6 is 11.6 Å². The smallest absolute Gasteiger partial charge is 0.324 e. The molecule has 8 heteroatoms. The van der Waals surface area contributed by atoms with Crippen molar-refractivity contribution in [3.8, 4) is 0 Å². The first-order valence-corrected chi connectivity index (χ1v) is 4.51. The minimum absolute atomic E-state index is 0.00920. The van der Waals surface area contributed by atoms with E-state index >= 15 is 0 Å². The summed E-state index contributed by atoms with van der Waals surface area (Å²) in [4.78, 5) is 3.59. The van der Waals surface area contributed by atoms with Crippen molar-refractivity contribution in [1.29, 1.82) is 0 Å². The molecular formula is C8H8ClF4N3. The van der Waals surface area contributed by atoms with Gasteiger partial charge in [-0.3, -0.25) is 0 Å². The van der Waals surface area contributed by atoms with E-state index in [-0.39, 0.29) is 16.5 Å². The Hall–Kier alpha value is -1.24. The molecule has 0 saturated heterocycles. The van der Waals surface area contributed by atoms with Gasteiger partial charge < -0.3 is 11.1 Å². The van der Waals surface area contributed by atoms with E-state index in [1.165, 1.54) is 12.3 Å². The molecule has 0 saturated carbocycles. The highest BCUT2D eigenvalue weighted by Gasteiger charge is 2.40. The molecule has 0 amide bonds. The van der Waals surface area contributed by atoms with Crippen molar-refractivity contribution >= 4 is 23.1 Å². The molecule has 1 aromatic heterocycles. The van der Waals surface area contributed by atoms with E-state index in [0.29, 0.717) is 0 Å². The van der Waals surface area contributed by atoms with Crippen molar-refractivity contribution in [1.82, 2.24) is 4.98 Å². The molecule has 90 valence electrons. The lowest BCUT2D eigenvalue weighted by Crippen LogP contribution is -2.35. The molecule has 0 fully saturated rings. The summed E-state index contributed by atoms with van der Waals surface area (Å²) in [6.45, 7) is -1.25. The monoisotopic (exact) mass is 257 g/mol. The summed E-state index contributed by atoms with van der Waals surface area (Å²) < 4.78 is 48.7. The van der Waals surface area contributed by atoms with E-state index in [9.17, 15) is 17.6 Å². The third-order valence-electron chi connectivity index (χ3n) is 1.67. The van der Waals surface area contributed by atoms with Crippen LogP contribution in [0.5, 0.6) is 0 Å². The first-order valence-electron chi connectivity index (χ1n) is 4.14. The second kappa shape index (κ2) is 4.73. The van der Waals surface area contributed by atoms with Crippen LogP contribution in [-0.2, 0) is 0 Å². The number of nitrogen functional groups attached to an aromatic ring is 1. The van der Waals surface area contributed by atoms with Crippen molar-refractivity contribution in [2.24, 2.45) is 0 Å². The van der Waals surface area contributed by atoms with E-state index in [0.717, 1.165) is 0 Å². The standard InChI is InChI=1S/C8H8ClF4N3/c9-5-1-4(14)2-15-6(5)16-3-8(12,13)7(10)11/h1-2,7H,3,14H2,(H,15,16). The summed E-state index contributed by atoms with van der Waals surface area (Å²) >= 11 is 5.60. The largest absolute Gasteiger partial charge is 0.397 e. The molecule has 0 atom stereocenters. The fourth-order valence-corrected chi connectivity index (χ4v) is 1.10. The molecule has 0 aromatic carbocycles. The number of nitrogens with one attached hydrogen (secondary N) is 1. The van der Waals surface area contributed by atoms with Gasteiger partial charge in [0, 0.05) is 0 Å². The molecule has 1 aromatic rings. The van der Waals surface area contributed by atoms with Gasteiger partial charge in [-0.05, 0) is 6.07 Å². The summed E-state index contributed by atoms with van der Waals surface area (Å²) in [7, 11) is 0. The Kier molecular flexibility index (Phi) is 3.79. The number of hydrogen-bond acceptors (Lipinski definition) is 3. The van der Waals surface area contributed by atoms with Gasteiger partial charge in [-0.25, -0.2) is 13.8 Å². The summed E-state index contributed by atoms with van der Waals surface area (Å²) in [5.41, 5.74) is 5.56. The number of pyridine rings is 1. The van der Waals surface area contributed by atoms with Gasteiger partial charge in [0.1, 0.15) is 5.82 Å². The van der Waals surface area contributed by atoms with E-state index < -0.39 is 18.9 Å². The highest BCUT2D eigenvalue weighted by molar-refractivity contribution is 6.33. The quantitative estimate of drug-likeness (QED) is 0.816. The van der Waals surface area contributed by atoms with Gasteiger partial charge in [0.15, 0.2) is 0 Å². The van der Waals surface area contributed by atoms with Crippen LogP contribution in [0.3, 0.4) is 0 Å². The average Bonchev–Trinajstić information content (AvgIpc) is 2.16. The Morgan fingerprint density at radius 2 is 2.12 bits per heavy atom. The lowest BCUT2D eigenvalue weighted by Gasteiger charge is -2.16. The highest BCUT2D eigenvalue weighted by Crippen LogP contribution is 2.26. The van der Waals surface area contributed by atoms with Gasteiger partial charge in [0.2, 0.25) is 0 Å². The molecule has 0 aliphatic carbocycles. The van der Waals surface area contributed by atoms with Crippen LogP contribution < -0.4 is 11.1 Å². The molecule has 0 radical (unpaired) electrons. The molecule has 3 N–H and O–H groups in total. The molecule has 16 heavy (non-hydrogen) atoms. The topological polar surface area (TPSA) is 50.9 Å². The van der Waals surface area contributed by atoms with Crippen molar-refractivity contribution in [3.05, 3.63) is 17.3 Å².